The maximum atomic E-state index is 12.1. The number of likely N-dealkylation sites (tertiary alicyclic amines) is 1. The molecule has 0 bridgehead atoms. The molecule has 1 atom stereocenters. The molecule has 0 radical (unpaired) electrons. The number of hydrogen-bond acceptors (Lipinski definition) is 3. The quantitative estimate of drug-likeness (QED) is 0.774. The Morgan fingerprint density at radius 1 is 1.41 bits per heavy atom. The van der Waals surface area contributed by atoms with E-state index in [4.69, 9.17) is 11.6 Å². The molecule has 2 rings (SSSR count). The van der Waals surface area contributed by atoms with E-state index in [1.807, 2.05) is 0 Å². The fraction of sp³-hybridized carbons (Fsp3) is 0.667. The highest BCUT2D eigenvalue weighted by Gasteiger charge is 2.42. The number of amides is 2. The molecule has 94 valence electrons. The second kappa shape index (κ2) is 5.19. The zero-order valence-corrected chi connectivity index (χ0v) is 10.5. The molecule has 2 amide bonds. The van der Waals surface area contributed by atoms with E-state index in [1.54, 1.807) is 0 Å². The Kier molecular flexibility index (Phi) is 3.84. The van der Waals surface area contributed by atoms with E-state index in [9.17, 15) is 9.59 Å². The van der Waals surface area contributed by atoms with Crippen LogP contribution in [-0.2, 0) is 9.59 Å². The first-order valence-electron chi connectivity index (χ1n) is 6.02. The molecule has 1 heterocycles. The Hall–Kier alpha value is -0.870. The van der Waals surface area contributed by atoms with E-state index in [2.05, 4.69) is 11.9 Å². The normalized spacial score (nSPS) is 25.9. The SMILES string of the molecule is C=C(Cl)CNC1CC(=O)N(C2CCCC2)C1=O. The number of hydrogen-bond donors (Lipinski definition) is 1. The van der Waals surface area contributed by atoms with Gasteiger partial charge in [0.15, 0.2) is 0 Å². The summed E-state index contributed by atoms with van der Waals surface area (Å²) in [6.07, 6.45) is 4.37. The van der Waals surface area contributed by atoms with Crippen molar-refractivity contribution in [2.45, 2.75) is 44.2 Å². The Labute approximate surface area is 106 Å². The van der Waals surface area contributed by atoms with Crippen molar-refractivity contribution in [2.75, 3.05) is 6.54 Å². The third-order valence-electron chi connectivity index (χ3n) is 3.41. The van der Waals surface area contributed by atoms with Gasteiger partial charge in [-0.25, -0.2) is 0 Å². The molecule has 1 aliphatic carbocycles. The van der Waals surface area contributed by atoms with Crippen molar-refractivity contribution in [3.63, 3.8) is 0 Å². The van der Waals surface area contributed by atoms with Crippen LogP contribution >= 0.6 is 11.6 Å². The molecule has 1 N–H and O–H groups in total. The molecule has 1 unspecified atom stereocenters. The number of halogens is 1. The summed E-state index contributed by atoms with van der Waals surface area (Å²) in [6, 6.07) is -0.292. The van der Waals surface area contributed by atoms with Gasteiger partial charge in [-0.05, 0) is 12.8 Å². The molecule has 1 aliphatic heterocycles. The van der Waals surface area contributed by atoms with Crippen molar-refractivity contribution in [3.05, 3.63) is 11.6 Å². The molecule has 2 aliphatic rings. The number of nitrogens with zero attached hydrogens (tertiary/aromatic N) is 1. The zero-order valence-electron chi connectivity index (χ0n) is 9.75. The zero-order chi connectivity index (χ0) is 12.4. The predicted molar refractivity (Wildman–Crippen MR) is 65.5 cm³/mol. The summed E-state index contributed by atoms with van der Waals surface area (Å²) in [5, 5.41) is 3.42. The van der Waals surface area contributed by atoms with E-state index in [-0.39, 0.29) is 24.3 Å². The molecule has 17 heavy (non-hydrogen) atoms. The van der Waals surface area contributed by atoms with E-state index in [0.717, 1.165) is 25.7 Å². The standard InChI is InChI=1S/C12H17ClN2O2/c1-8(13)7-14-10-6-11(16)15(12(10)17)9-4-2-3-5-9/h9-10,14H,1-7H2. The maximum Gasteiger partial charge on any atom is 0.247 e. The largest absolute Gasteiger partial charge is 0.300 e. The molecular formula is C12H17ClN2O2. The third kappa shape index (κ3) is 2.69. The molecule has 1 saturated carbocycles. The Morgan fingerprint density at radius 2 is 2.06 bits per heavy atom. The molecule has 1 saturated heterocycles. The summed E-state index contributed by atoms with van der Waals surface area (Å²) in [5.74, 6) is -0.153. The number of imide groups is 1. The van der Waals surface area contributed by atoms with Crippen molar-refractivity contribution in [1.29, 1.82) is 0 Å². The molecule has 0 spiro atoms. The number of carbonyl (C=O) groups is 2. The first-order valence-corrected chi connectivity index (χ1v) is 6.40. The van der Waals surface area contributed by atoms with E-state index < -0.39 is 6.04 Å². The minimum Gasteiger partial charge on any atom is -0.300 e. The van der Waals surface area contributed by atoms with Crippen molar-refractivity contribution < 1.29 is 9.59 Å². The highest BCUT2D eigenvalue weighted by Crippen LogP contribution is 2.28. The van der Waals surface area contributed by atoms with Gasteiger partial charge in [-0.3, -0.25) is 14.5 Å². The van der Waals surface area contributed by atoms with Crippen molar-refractivity contribution in [3.8, 4) is 0 Å². The average Bonchev–Trinajstić information content (AvgIpc) is 2.84. The molecule has 5 heteroatoms. The fourth-order valence-corrected chi connectivity index (χ4v) is 2.67. The van der Waals surface area contributed by atoms with Gasteiger partial charge in [0.05, 0.1) is 12.5 Å². The lowest BCUT2D eigenvalue weighted by Crippen LogP contribution is -2.43. The molecule has 2 fully saturated rings. The number of rotatable bonds is 4. The lowest BCUT2D eigenvalue weighted by atomic mass is 10.2. The fourth-order valence-electron chi connectivity index (χ4n) is 2.59. The molecule has 4 nitrogen and oxygen atoms in total. The second-order valence-corrected chi connectivity index (χ2v) is 5.23. The highest BCUT2D eigenvalue weighted by molar-refractivity contribution is 6.29. The van der Waals surface area contributed by atoms with Crippen molar-refractivity contribution in [2.24, 2.45) is 0 Å². The molecule has 0 aromatic heterocycles. The van der Waals surface area contributed by atoms with Crippen LogP contribution in [0, 0.1) is 0 Å². The lowest BCUT2D eigenvalue weighted by Gasteiger charge is -2.22. The van der Waals surface area contributed by atoms with Crippen molar-refractivity contribution in [1.82, 2.24) is 10.2 Å². The monoisotopic (exact) mass is 256 g/mol. The summed E-state index contributed by atoms with van der Waals surface area (Å²) < 4.78 is 0. The van der Waals surface area contributed by atoms with Gasteiger partial charge in [-0.1, -0.05) is 31.0 Å². The number of nitrogens with one attached hydrogen (secondary N) is 1. The summed E-state index contributed by atoms with van der Waals surface area (Å²) in [4.78, 5) is 25.4. The lowest BCUT2D eigenvalue weighted by molar-refractivity contribution is -0.141. The average molecular weight is 257 g/mol. The third-order valence-corrected chi connectivity index (χ3v) is 3.55. The molecule has 0 aromatic carbocycles. The highest BCUT2D eigenvalue weighted by atomic mass is 35.5. The van der Waals surface area contributed by atoms with Crippen LogP contribution in [0.15, 0.2) is 11.6 Å². The maximum absolute atomic E-state index is 12.1. The summed E-state index contributed by atoms with van der Waals surface area (Å²) in [5.41, 5.74) is 0. The minimum absolute atomic E-state index is 0.0559. The summed E-state index contributed by atoms with van der Waals surface area (Å²) >= 11 is 5.64. The second-order valence-electron chi connectivity index (χ2n) is 4.70. The predicted octanol–water partition coefficient (Wildman–Crippen LogP) is 1.40. The van der Waals surface area contributed by atoms with E-state index >= 15 is 0 Å². The van der Waals surface area contributed by atoms with Gasteiger partial charge in [0.25, 0.3) is 0 Å². The first-order chi connectivity index (χ1) is 8.09. The molecule has 0 aromatic rings. The summed E-state index contributed by atoms with van der Waals surface area (Å²) in [6.45, 7) is 3.91. The van der Waals surface area contributed by atoms with Crippen LogP contribution in [0.25, 0.3) is 0 Å². The summed E-state index contributed by atoms with van der Waals surface area (Å²) in [7, 11) is 0. The number of carbonyl (C=O) groups excluding carboxylic acids is 2. The van der Waals surface area contributed by atoms with Gasteiger partial charge in [-0.15, -0.1) is 0 Å². The van der Waals surface area contributed by atoms with Crippen LogP contribution in [-0.4, -0.2) is 35.3 Å². The first kappa shape index (κ1) is 12.6. The topological polar surface area (TPSA) is 49.4 Å². The molecular weight excluding hydrogens is 240 g/mol. The minimum atomic E-state index is -0.418. The van der Waals surface area contributed by atoms with Gasteiger partial charge < -0.3 is 5.32 Å². The van der Waals surface area contributed by atoms with E-state index in [0.29, 0.717) is 11.6 Å². The van der Waals surface area contributed by atoms with Crippen LogP contribution in [0.3, 0.4) is 0 Å². The van der Waals surface area contributed by atoms with Gasteiger partial charge in [0.1, 0.15) is 0 Å². The Balaban J connectivity index is 1.98. The van der Waals surface area contributed by atoms with Gasteiger partial charge in [-0.2, -0.15) is 0 Å². The van der Waals surface area contributed by atoms with Crippen LogP contribution in [0.4, 0.5) is 0 Å². The van der Waals surface area contributed by atoms with Crippen molar-refractivity contribution >= 4 is 23.4 Å². The van der Waals surface area contributed by atoms with Crippen LogP contribution in [0.1, 0.15) is 32.1 Å². The van der Waals surface area contributed by atoms with E-state index in [1.165, 1.54) is 4.90 Å². The van der Waals surface area contributed by atoms with Crippen LogP contribution in [0.5, 0.6) is 0 Å². The van der Waals surface area contributed by atoms with Gasteiger partial charge in [0, 0.05) is 17.6 Å². The Bertz CT molecular complexity index is 350. The van der Waals surface area contributed by atoms with Gasteiger partial charge in [0.2, 0.25) is 11.8 Å². The van der Waals surface area contributed by atoms with Crippen LogP contribution < -0.4 is 5.32 Å². The van der Waals surface area contributed by atoms with Gasteiger partial charge >= 0.3 is 0 Å². The Morgan fingerprint density at radius 3 is 2.65 bits per heavy atom. The smallest absolute Gasteiger partial charge is 0.247 e. The van der Waals surface area contributed by atoms with Crippen LogP contribution in [0.2, 0.25) is 0 Å².